The summed E-state index contributed by atoms with van der Waals surface area (Å²) >= 11 is 0. The van der Waals surface area contributed by atoms with E-state index in [-0.39, 0.29) is 23.6 Å². The van der Waals surface area contributed by atoms with E-state index in [4.69, 9.17) is 5.73 Å². The van der Waals surface area contributed by atoms with Crippen LogP contribution in [0.4, 0.5) is 0 Å². The van der Waals surface area contributed by atoms with Gasteiger partial charge >= 0.3 is 17.1 Å². The first-order chi connectivity index (χ1) is 1.41. The van der Waals surface area contributed by atoms with Crippen LogP contribution in [0, 0.1) is 6.92 Å². The maximum atomic E-state index is 6.10. The minimum absolute atomic E-state index is 0. The van der Waals surface area contributed by atoms with Crippen LogP contribution >= 0.6 is 0 Å². The molecule has 4 heavy (non-hydrogen) atoms. The van der Waals surface area contributed by atoms with E-state index in [9.17, 15) is 0 Å². The van der Waals surface area contributed by atoms with E-state index in [0.717, 1.165) is 0 Å². The first kappa shape index (κ1) is 8.82. The Morgan fingerprint density at radius 2 is 1.75 bits per heavy atom. The molecule has 0 aliphatic heterocycles. The van der Waals surface area contributed by atoms with Crippen LogP contribution in [-0.2, 0) is 17.1 Å². The van der Waals surface area contributed by atoms with Crippen LogP contribution in [-0.4, -0.2) is 6.54 Å². The van der Waals surface area contributed by atoms with Crippen LogP contribution in [0.1, 0.15) is 0 Å². The molecule has 0 bridgehead atoms. The van der Waals surface area contributed by atoms with Crippen molar-refractivity contribution >= 4 is 0 Å². The summed E-state index contributed by atoms with van der Waals surface area (Å²) in [6.45, 7) is 3.40. The fraction of sp³-hybridized carbons (Fsp3) is 0.500. The van der Waals surface area contributed by atoms with E-state index in [1.165, 1.54) is 0 Å². The van der Waals surface area contributed by atoms with Gasteiger partial charge in [0.25, 0.3) is 0 Å². The molecule has 0 rings (SSSR count). The molecule has 0 aromatic carbocycles. The largest absolute Gasteiger partial charge is 2.00 e. The summed E-state index contributed by atoms with van der Waals surface area (Å²) in [5.41, 5.74) is 6.10. The summed E-state index contributed by atoms with van der Waals surface area (Å²) in [7, 11) is 0. The third-order valence-corrected chi connectivity index (χ3v) is 0. The summed E-state index contributed by atoms with van der Waals surface area (Å²) in [5.74, 6) is 0. The summed E-state index contributed by atoms with van der Waals surface area (Å²) in [4.78, 5) is 0. The summed E-state index contributed by atoms with van der Waals surface area (Å²) in [6.07, 6.45) is 0. The van der Waals surface area contributed by atoms with Crippen molar-refractivity contribution in [3.05, 3.63) is 12.7 Å². The van der Waals surface area contributed by atoms with Crippen LogP contribution in [0.2, 0.25) is 0 Å². The Hall–Kier alpha value is 0.479. The zero-order valence-electron chi connectivity index (χ0n) is 2.27. The van der Waals surface area contributed by atoms with Gasteiger partial charge in [-0.05, 0) is 0 Å². The van der Waals surface area contributed by atoms with Gasteiger partial charge in [0, 0.05) is 0 Å². The van der Waals surface area contributed by atoms with E-state index in [0.29, 0.717) is 0 Å². The topological polar surface area (TPSA) is 23.8 Å². The Labute approximate surface area is 37.0 Å². The normalized spacial score (nSPS) is 4.50. The maximum Gasteiger partial charge on any atom is 2.00 e. The Kier molecular flexibility index (Phi) is 21.6. The molecule has 0 saturated heterocycles. The van der Waals surface area contributed by atoms with Crippen LogP contribution < -0.4 is 0 Å². The molecule has 0 amide bonds. The molecule has 2 heteroatoms. The van der Waals surface area contributed by atoms with Gasteiger partial charge in [-0.15, -0.1) is 0 Å². The molecule has 0 spiro atoms. The van der Waals surface area contributed by atoms with Crippen molar-refractivity contribution in [2.24, 2.45) is 0 Å². The third-order valence-electron chi connectivity index (χ3n) is 0. The number of hydrogen-bond acceptors (Lipinski definition) is 0. The van der Waals surface area contributed by atoms with Crippen LogP contribution in [0.5, 0.6) is 0 Å². The molecular weight excluding hydrogens is 93.9 g/mol. The zero-order valence-corrected chi connectivity index (χ0v) is 3.37. The van der Waals surface area contributed by atoms with Crippen LogP contribution in [0.3, 0.4) is 0 Å². The van der Waals surface area contributed by atoms with Crippen LogP contribution in [0.15, 0.2) is 0 Å². The molecule has 0 fully saturated rings. The Bertz CT molecular complexity index is 6.00. The quantitative estimate of drug-likeness (QED) is 0.317. The monoisotopic (exact) mass is 99.0 g/mol. The minimum Gasteiger partial charge on any atom is -0.704 e. The summed E-state index contributed by atoms with van der Waals surface area (Å²) in [6, 6.07) is 0. The van der Waals surface area contributed by atoms with Crippen molar-refractivity contribution in [1.82, 2.24) is 0 Å². The SMILES string of the molecule is [CH2-]C[NH-].[Fe+2]. The van der Waals surface area contributed by atoms with Gasteiger partial charge in [-0.2, -0.15) is 0 Å². The van der Waals surface area contributed by atoms with E-state index in [2.05, 4.69) is 6.92 Å². The van der Waals surface area contributed by atoms with Gasteiger partial charge in [-0.3, -0.25) is 6.54 Å². The van der Waals surface area contributed by atoms with E-state index < -0.39 is 0 Å². The second-order valence-corrected chi connectivity index (χ2v) is 0.250. The number of hydrogen-bond donors (Lipinski definition) is 0. The predicted octanol–water partition coefficient (Wildman–Crippen LogP) is 0.870. The third kappa shape index (κ3) is 23.6. The number of nitrogens with one attached hydrogen (secondary N) is 1. The molecule has 0 aliphatic carbocycles. The minimum atomic E-state index is 0. The van der Waals surface area contributed by atoms with Crippen molar-refractivity contribution in [2.45, 2.75) is 0 Å². The molecule has 1 N–H and O–H groups in total. The Morgan fingerprint density at radius 3 is 1.75 bits per heavy atom. The molecule has 0 aromatic rings. The molecule has 0 atom stereocenters. The summed E-state index contributed by atoms with van der Waals surface area (Å²) in [5, 5.41) is 0. The van der Waals surface area contributed by atoms with Gasteiger partial charge in [0.2, 0.25) is 0 Å². The molecule has 26 valence electrons. The molecule has 0 heterocycles. The summed E-state index contributed by atoms with van der Waals surface area (Å²) < 4.78 is 0. The predicted molar refractivity (Wildman–Crippen MR) is 14.5 cm³/mol. The second-order valence-electron chi connectivity index (χ2n) is 0.250. The van der Waals surface area contributed by atoms with Gasteiger partial charge in [0.15, 0.2) is 0 Å². The fourth-order valence-corrected chi connectivity index (χ4v) is 0. The van der Waals surface area contributed by atoms with E-state index >= 15 is 0 Å². The molecular formula is C2H5FeN. The second kappa shape index (κ2) is 9.77. The van der Waals surface area contributed by atoms with Crippen molar-refractivity contribution < 1.29 is 17.1 Å². The van der Waals surface area contributed by atoms with Gasteiger partial charge in [0.1, 0.15) is 0 Å². The van der Waals surface area contributed by atoms with Gasteiger partial charge < -0.3 is 12.7 Å². The van der Waals surface area contributed by atoms with E-state index in [1.54, 1.807) is 0 Å². The average molecular weight is 98.9 g/mol. The van der Waals surface area contributed by atoms with Gasteiger partial charge in [0.05, 0.1) is 0 Å². The molecule has 0 aliphatic rings. The smallest absolute Gasteiger partial charge is 0.704 e. The first-order valence-electron chi connectivity index (χ1n) is 0.854. The Morgan fingerprint density at radius 1 is 1.75 bits per heavy atom. The van der Waals surface area contributed by atoms with Crippen molar-refractivity contribution in [1.29, 1.82) is 0 Å². The first-order valence-corrected chi connectivity index (χ1v) is 0.854. The maximum absolute atomic E-state index is 6.10. The van der Waals surface area contributed by atoms with Gasteiger partial charge in [-0.25, -0.2) is 0 Å². The van der Waals surface area contributed by atoms with E-state index in [1.807, 2.05) is 0 Å². The molecule has 0 unspecified atom stereocenters. The van der Waals surface area contributed by atoms with Crippen LogP contribution in [0.25, 0.3) is 5.73 Å². The zero-order chi connectivity index (χ0) is 2.71. The fourth-order valence-electron chi connectivity index (χ4n) is 0. The van der Waals surface area contributed by atoms with Crippen molar-refractivity contribution in [3.63, 3.8) is 0 Å². The molecule has 0 saturated carbocycles. The molecule has 0 aromatic heterocycles. The Balaban J connectivity index is 0. The molecule has 1 nitrogen and oxygen atoms in total. The standard InChI is InChI=1S/C2H5N.Fe/c1-2-3;/h3H,1-2H2;/q-2;+2. The average Bonchev–Trinajstić information content (AvgIpc) is 0.918. The molecule has 0 radical (unpaired) electrons. The van der Waals surface area contributed by atoms with Gasteiger partial charge in [-0.1, -0.05) is 0 Å². The van der Waals surface area contributed by atoms with Crippen molar-refractivity contribution in [2.75, 3.05) is 6.54 Å². The van der Waals surface area contributed by atoms with Crippen molar-refractivity contribution in [3.8, 4) is 0 Å². The number of rotatable bonds is 0.